The highest BCUT2D eigenvalue weighted by molar-refractivity contribution is 7.09. The van der Waals surface area contributed by atoms with Crippen LogP contribution in [0.15, 0.2) is 29.8 Å². The van der Waals surface area contributed by atoms with Gasteiger partial charge in [0.05, 0.1) is 10.5 Å². The lowest BCUT2D eigenvalue weighted by molar-refractivity contribution is -0.385. The molecule has 8 heteroatoms. The molecule has 0 unspecified atom stereocenters. The number of nitrogens with zero attached hydrogens (tertiary/aromatic N) is 2. The van der Waals surface area contributed by atoms with Gasteiger partial charge in [-0.25, -0.2) is 9.78 Å². The fourth-order valence-corrected chi connectivity index (χ4v) is 1.90. The first-order valence-corrected chi connectivity index (χ1v) is 5.99. The summed E-state index contributed by atoms with van der Waals surface area (Å²) in [5.74, 6) is -1.26. The number of hydrogen-bond acceptors (Lipinski definition) is 6. The van der Waals surface area contributed by atoms with E-state index in [1.807, 2.05) is 0 Å². The summed E-state index contributed by atoms with van der Waals surface area (Å²) in [5.41, 5.74) is -0.346. The van der Waals surface area contributed by atoms with Crippen LogP contribution in [0.3, 0.4) is 0 Å². The fraction of sp³-hybridized carbons (Fsp3) is 0.0909. The van der Waals surface area contributed by atoms with Gasteiger partial charge in [-0.3, -0.25) is 10.1 Å². The smallest absolute Gasteiger partial charge is 0.335 e. The van der Waals surface area contributed by atoms with Gasteiger partial charge in [0, 0.05) is 23.7 Å². The lowest BCUT2D eigenvalue weighted by atomic mass is 10.2. The Morgan fingerprint density at radius 3 is 2.89 bits per heavy atom. The molecule has 0 aliphatic heterocycles. The molecule has 0 atom stereocenters. The van der Waals surface area contributed by atoms with E-state index < -0.39 is 10.9 Å². The first-order chi connectivity index (χ1) is 9.08. The minimum atomic E-state index is -1.17. The van der Waals surface area contributed by atoms with Gasteiger partial charge in [-0.2, -0.15) is 0 Å². The zero-order valence-electron chi connectivity index (χ0n) is 9.48. The second-order valence-electron chi connectivity index (χ2n) is 3.46. The van der Waals surface area contributed by atoms with E-state index in [-0.39, 0.29) is 23.6 Å². The Labute approximate surface area is 111 Å². The van der Waals surface area contributed by atoms with Crippen LogP contribution in [0.4, 0.5) is 5.69 Å². The van der Waals surface area contributed by atoms with Crippen molar-refractivity contribution >= 4 is 23.0 Å². The van der Waals surface area contributed by atoms with Gasteiger partial charge in [-0.15, -0.1) is 11.3 Å². The topological polar surface area (TPSA) is 103 Å². The van der Waals surface area contributed by atoms with Crippen molar-refractivity contribution in [1.82, 2.24) is 4.98 Å². The normalized spacial score (nSPS) is 10.1. The van der Waals surface area contributed by atoms with E-state index in [0.717, 1.165) is 18.2 Å². The Hall–Kier alpha value is -2.48. The van der Waals surface area contributed by atoms with Gasteiger partial charge in [-0.05, 0) is 6.07 Å². The van der Waals surface area contributed by atoms with Crippen LogP contribution in [0, 0.1) is 10.1 Å². The quantitative estimate of drug-likeness (QED) is 0.666. The Morgan fingerprint density at radius 1 is 1.53 bits per heavy atom. The Balaban J connectivity index is 2.27. The summed E-state index contributed by atoms with van der Waals surface area (Å²) >= 11 is 1.34. The molecule has 0 fully saturated rings. The highest BCUT2D eigenvalue weighted by Crippen LogP contribution is 2.28. The molecule has 1 aromatic carbocycles. The van der Waals surface area contributed by atoms with Crippen molar-refractivity contribution < 1.29 is 19.6 Å². The summed E-state index contributed by atoms with van der Waals surface area (Å²) < 4.78 is 5.28. The first-order valence-electron chi connectivity index (χ1n) is 5.11. The summed E-state index contributed by atoms with van der Waals surface area (Å²) in [5, 5.41) is 22.1. The van der Waals surface area contributed by atoms with E-state index >= 15 is 0 Å². The van der Waals surface area contributed by atoms with Crippen molar-refractivity contribution in [2.45, 2.75) is 6.61 Å². The van der Waals surface area contributed by atoms with Crippen molar-refractivity contribution in [1.29, 1.82) is 0 Å². The third-order valence-electron chi connectivity index (χ3n) is 2.24. The van der Waals surface area contributed by atoms with Gasteiger partial charge < -0.3 is 9.84 Å². The van der Waals surface area contributed by atoms with Crippen molar-refractivity contribution in [3.05, 3.63) is 50.5 Å². The monoisotopic (exact) mass is 280 g/mol. The number of nitro benzene ring substituents is 1. The molecule has 98 valence electrons. The van der Waals surface area contributed by atoms with Crippen molar-refractivity contribution in [3.63, 3.8) is 0 Å². The highest BCUT2D eigenvalue weighted by atomic mass is 32.1. The number of aromatic carboxylic acids is 1. The molecule has 0 amide bonds. The van der Waals surface area contributed by atoms with Crippen molar-refractivity contribution in [3.8, 4) is 5.75 Å². The minimum absolute atomic E-state index is 0.0571. The highest BCUT2D eigenvalue weighted by Gasteiger charge is 2.18. The molecule has 2 aromatic rings. The van der Waals surface area contributed by atoms with E-state index in [1.165, 1.54) is 11.3 Å². The van der Waals surface area contributed by atoms with Crippen LogP contribution in [0.5, 0.6) is 5.75 Å². The van der Waals surface area contributed by atoms with Crippen LogP contribution in [0.25, 0.3) is 0 Å². The lowest BCUT2D eigenvalue weighted by Crippen LogP contribution is -2.02. The maximum absolute atomic E-state index is 10.8. The molecule has 0 spiro atoms. The second kappa shape index (κ2) is 5.44. The molecule has 7 nitrogen and oxygen atoms in total. The van der Waals surface area contributed by atoms with Gasteiger partial charge in [-0.1, -0.05) is 0 Å². The van der Waals surface area contributed by atoms with Gasteiger partial charge in [0.1, 0.15) is 11.6 Å². The van der Waals surface area contributed by atoms with Crippen LogP contribution in [0.2, 0.25) is 0 Å². The number of thiazole rings is 1. The summed E-state index contributed by atoms with van der Waals surface area (Å²) in [4.78, 5) is 25.0. The number of carboxylic acids is 1. The van der Waals surface area contributed by atoms with E-state index in [4.69, 9.17) is 9.84 Å². The van der Waals surface area contributed by atoms with E-state index in [1.54, 1.807) is 11.6 Å². The number of rotatable bonds is 5. The summed E-state index contributed by atoms with van der Waals surface area (Å²) in [6.07, 6.45) is 1.59. The predicted octanol–water partition coefficient (Wildman–Crippen LogP) is 2.33. The number of ether oxygens (including phenoxy) is 1. The number of benzene rings is 1. The van der Waals surface area contributed by atoms with Crippen molar-refractivity contribution in [2.75, 3.05) is 0 Å². The summed E-state index contributed by atoms with van der Waals surface area (Å²) in [6.45, 7) is 0.0571. The first kappa shape index (κ1) is 13.0. The van der Waals surface area contributed by atoms with Crippen LogP contribution in [-0.2, 0) is 6.61 Å². The maximum atomic E-state index is 10.8. The third-order valence-corrected chi connectivity index (χ3v) is 2.99. The minimum Gasteiger partial charge on any atom is -0.479 e. The zero-order valence-corrected chi connectivity index (χ0v) is 10.3. The lowest BCUT2D eigenvalue weighted by Gasteiger charge is -2.05. The molecule has 0 saturated heterocycles. The molecule has 1 N–H and O–H groups in total. The van der Waals surface area contributed by atoms with Crippen LogP contribution < -0.4 is 4.74 Å². The molecule has 0 aliphatic carbocycles. The third kappa shape index (κ3) is 3.05. The molecular formula is C11H8N2O5S. The van der Waals surface area contributed by atoms with Gasteiger partial charge in [0.2, 0.25) is 0 Å². The van der Waals surface area contributed by atoms with Gasteiger partial charge in [0.25, 0.3) is 0 Å². The van der Waals surface area contributed by atoms with Crippen molar-refractivity contribution in [2.24, 2.45) is 0 Å². The SMILES string of the molecule is O=C(O)c1ccc([N+](=O)[O-])c(OCc2nccs2)c1. The Kier molecular flexibility index (Phi) is 3.71. The maximum Gasteiger partial charge on any atom is 0.335 e. The molecule has 2 rings (SSSR count). The number of hydrogen-bond donors (Lipinski definition) is 1. The van der Waals surface area contributed by atoms with Crippen LogP contribution in [0.1, 0.15) is 15.4 Å². The number of nitro groups is 1. The Bertz CT molecular complexity index is 612. The average Bonchev–Trinajstić information content (AvgIpc) is 2.88. The average molecular weight is 280 g/mol. The zero-order chi connectivity index (χ0) is 13.8. The largest absolute Gasteiger partial charge is 0.479 e. The molecule has 0 bridgehead atoms. The molecule has 0 saturated carbocycles. The molecule has 0 radical (unpaired) electrons. The van der Waals surface area contributed by atoms with Crippen LogP contribution in [-0.4, -0.2) is 21.0 Å². The van der Waals surface area contributed by atoms with Gasteiger partial charge >= 0.3 is 11.7 Å². The molecule has 19 heavy (non-hydrogen) atoms. The van der Waals surface area contributed by atoms with E-state index in [2.05, 4.69) is 4.98 Å². The molecule has 0 aliphatic rings. The summed E-state index contributed by atoms with van der Waals surface area (Å²) in [7, 11) is 0. The standard InChI is InChI=1S/C11H8N2O5S/c14-11(15)7-1-2-8(13(16)17)9(5-7)18-6-10-12-3-4-19-10/h1-5H,6H2,(H,14,15). The number of aromatic nitrogens is 1. The number of carbonyl (C=O) groups is 1. The fourth-order valence-electron chi connectivity index (χ4n) is 1.38. The van der Waals surface area contributed by atoms with E-state index in [9.17, 15) is 14.9 Å². The number of carboxylic acid groups (broad SMARTS) is 1. The molecule has 1 aromatic heterocycles. The van der Waals surface area contributed by atoms with E-state index in [0.29, 0.717) is 5.01 Å². The molecular weight excluding hydrogens is 272 g/mol. The molecule has 1 heterocycles. The van der Waals surface area contributed by atoms with Crippen LogP contribution >= 0.6 is 11.3 Å². The van der Waals surface area contributed by atoms with Gasteiger partial charge in [0.15, 0.2) is 5.75 Å². The second-order valence-corrected chi connectivity index (χ2v) is 4.44. The Morgan fingerprint density at radius 2 is 2.32 bits per heavy atom. The predicted molar refractivity (Wildman–Crippen MR) is 66.5 cm³/mol. The summed E-state index contributed by atoms with van der Waals surface area (Å²) in [6, 6.07) is 3.41.